The summed E-state index contributed by atoms with van der Waals surface area (Å²) < 4.78 is 41.8. The fourth-order valence-corrected chi connectivity index (χ4v) is 2.85. The van der Waals surface area contributed by atoms with Crippen LogP contribution in [0, 0.1) is 6.92 Å². The van der Waals surface area contributed by atoms with Crippen molar-refractivity contribution in [2.24, 2.45) is 0 Å². The molecule has 1 amide bonds. The topological polar surface area (TPSA) is 59.8 Å². The second-order valence-electron chi connectivity index (χ2n) is 6.69. The van der Waals surface area contributed by atoms with E-state index >= 15 is 0 Å². The standard InChI is InChI=1S/C17H21F3N4O/c1-4-9(2)21-14(25)8-24-16-15(10(3)23-24)12(17(18,19)20)7-13(22-16)11-5-6-11/h7,9,11H,4-6,8H2,1-3H3,(H,21,25)/t9-/m1/s1. The van der Waals surface area contributed by atoms with Gasteiger partial charge in [-0.25, -0.2) is 9.67 Å². The van der Waals surface area contributed by atoms with Crippen molar-refractivity contribution in [2.75, 3.05) is 0 Å². The van der Waals surface area contributed by atoms with E-state index in [2.05, 4.69) is 15.4 Å². The number of carbonyl (C=O) groups is 1. The third-order valence-corrected chi connectivity index (χ3v) is 4.51. The highest BCUT2D eigenvalue weighted by Crippen LogP contribution is 2.43. The monoisotopic (exact) mass is 354 g/mol. The Bertz CT molecular complexity index is 808. The van der Waals surface area contributed by atoms with Gasteiger partial charge >= 0.3 is 6.18 Å². The number of fused-ring (bicyclic) bond motifs is 1. The molecule has 0 bridgehead atoms. The summed E-state index contributed by atoms with van der Waals surface area (Å²) in [5.74, 6) is -0.214. The van der Waals surface area contributed by atoms with Crippen molar-refractivity contribution in [3.05, 3.63) is 23.0 Å². The number of alkyl halides is 3. The number of nitrogens with zero attached hydrogens (tertiary/aromatic N) is 3. The zero-order chi connectivity index (χ0) is 18.4. The Labute approximate surface area is 143 Å². The maximum Gasteiger partial charge on any atom is 0.417 e. The molecule has 1 N–H and O–H groups in total. The SMILES string of the molecule is CC[C@@H](C)NC(=O)Cn1nc(C)c2c(C(F)(F)F)cc(C3CC3)nc21. The molecule has 25 heavy (non-hydrogen) atoms. The lowest BCUT2D eigenvalue weighted by Crippen LogP contribution is -2.34. The van der Waals surface area contributed by atoms with E-state index in [0.29, 0.717) is 5.69 Å². The predicted molar refractivity (Wildman–Crippen MR) is 87.1 cm³/mol. The Hall–Kier alpha value is -2.12. The van der Waals surface area contributed by atoms with E-state index < -0.39 is 11.7 Å². The summed E-state index contributed by atoms with van der Waals surface area (Å²) >= 11 is 0. The molecule has 8 heteroatoms. The van der Waals surface area contributed by atoms with Crippen LogP contribution in [0.15, 0.2) is 6.07 Å². The average molecular weight is 354 g/mol. The molecule has 2 aromatic heterocycles. The molecule has 1 atom stereocenters. The first-order chi connectivity index (χ1) is 11.7. The van der Waals surface area contributed by atoms with Crippen LogP contribution in [0.2, 0.25) is 0 Å². The number of hydrogen-bond acceptors (Lipinski definition) is 3. The zero-order valence-electron chi connectivity index (χ0n) is 14.4. The van der Waals surface area contributed by atoms with Crippen LogP contribution in [0.25, 0.3) is 11.0 Å². The van der Waals surface area contributed by atoms with E-state index in [1.807, 2.05) is 13.8 Å². The maximum atomic E-state index is 13.5. The molecule has 2 aromatic rings. The first kappa shape index (κ1) is 17.7. The van der Waals surface area contributed by atoms with E-state index in [1.165, 1.54) is 11.6 Å². The van der Waals surface area contributed by atoms with E-state index in [-0.39, 0.29) is 41.1 Å². The molecular formula is C17H21F3N4O. The molecule has 1 aliphatic rings. The van der Waals surface area contributed by atoms with Crippen LogP contribution in [-0.2, 0) is 17.5 Å². The maximum absolute atomic E-state index is 13.5. The number of carbonyl (C=O) groups excluding carboxylic acids is 1. The number of aromatic nitrogens is 3. The van der Waals surface area contributed by atoms with Gasteiger partial charge in [0, 0.05) is 17.7 Å². The molecule has 0 saturated heterocycles. The van der Waals surface area contributed by atoms with Gasteiger partial charge in [-0.15, -0.1) is 0 Å². The first-order valence-electron chi connectivity index (χ1n) is 8.45. The zero-order valence-corrected chi connectivity index (χ0v) is 14.4. The highest BCUT2D eigenvalue weighted by molar-refractivity contribution is 5.85. The van der Waals surface area contributed by atoms with Gasteiger partial charge in [-0.05, 0) is 39.2 Å². The van der Waals surface area contributed by atoms with Crippen LogP contribution in [0.3, 0.4) is 0 Å². The molecule has 0 aromatic carbocycles. The summed E-state index contributed by atoms with van der Waals surface area (Å²) in [6, 6.07) is 1.13. The second-order valence-corrected chi connectivity index (χ2v) is 6.69. The molecule has 0 unspecified atom stereocenters. The molecule has 0 spiro atoms. The van der Waals surface area contributed by atoms with Crippen molar-refractivity contribution in [1.82, 2.24) is 20.1 Å². The van der Waals surface area contributed by atoms with E-state index in [1.54, 1.807) is 0 Å². The third kappa shape index (κ3) is 3.62. The van der Waals surface area contributed by atoms with Gasteiger partial charge in [0.05, 0.1) is 16.6 Å². The van der Waals surface area contributed by atoms with Crippen LogP contribution < -0.4 is 5.32 Å². The molecule has 2 heterocycles. The van der Waals surface area contributed by atoms with E-state index in [4.69, 9.17) is 0 Å². The fraction of sp³-hybridized carbons (Fsp3) is 0.588. The molecule has 0 aliphatic heterocycles. The number of pyridine rings is 1. The number of amides is 1. The number of nitrogens with one attached hydrogen (secondary N) is 1. The van der Waals surface area contributed by atoms with Crippen molar-refractivity contribution in [3.8, 4) is 0 Å². The lowest BCUT2D eigenvalue weighted by molar-refractivity contribution is -0.136. The van der Waals surface area contributed by atoms with Gasteiger partial charge < -0.3 is 5.32 Å². The quantitative estimate of drug-likeness (QED) is 0.893. The van der Waals surface area contributed by atoms with E-state index in [9.17, 15) is 18.0 Å². The Kier molecular flexibility index (Phi) is 4.47. The Morgan fingerprint density at radius 1 is 1.44 bits per heavy atom. The van der Waals surface area contributed by atoms with Crippen molar-refractivity contribution in [1.29, 1.82) is 0 Å². The van der Waals surface area contributed by atoms with Crippen molar-refractivity contribution in [2.45, 2.75) is 64.7 Å². The van der Waals surface area contributed by atoms with Gasteiger partial charge in [-0.1, -0.05) is 6.92 Å². The highest BCUT2D eigenvalue weighted by Gasteiger charge is 2.37. The molecular weight excluding hydrogens is 333 g/mol. The van der Waals surface area contributed by atoms with Crippen LogP contribution in [-0.4, -0.2) is 26.7 Å². The minimum atomic E-state index is -4.48. The van der Waals surface area contributed by atoms with E-state index in [0.717, 1.165) is 25.3 Å². The van der Waals surface area contributed by atoms with Crippen LogP contribution >= 0.6 is 0 Å². The first-order valence-corrected chi connectivity index (χ1v) is 8.45. The Morgan fingerprint density at radius 3 is 2.68 bits per heavy atom. The summed E-state index contributed by atoms with van der Waals surface area (Å²) in [6.45, 7) is 5.18. The molecule has 5 nitrogen and oxygen atoms in total. The van der Waals surface area contributed by atoms with Gasteiger partial charge in [0.15, 0.2) is 5.65 Å². The molecule has 0 radical (unpaired) electrons. The van der Waals surface area contributed by atoms with Gasteiger partial charge in [0.1, 0.15) is 6.54 Å². The molecule has 1 aliphatic carbocycles. The third-order valence-electron chi connectivity index (χ3n) is 4.51. The van der Waals surface area contributed by atoms with Crippen molar-refractivity contribution < 1.29 is 18.0 Å². The Balaban J connectivity index is 2.05. The lowest BCUT2D eigenvalue weighted by Gasteiger charge is -2.13. The molecule has 1 fully saturated rings. The number of hydrogen-bond donors (Lipinski definition) is 1. The summed E-state index contributed by atoms with van der Waals surface area (Å²) in [6.07, 6.45) is -2.02. The van der Waals surface area contributed by atoms with Gasteiger partial charge in [0.2, 0.25) is 5.91 Å². The van der Waals surface area contributed by atoms with Gasteiger partial charge in [-0.3, -0.25) is 4.79 Å². The summed E-state index contributed by atoms with van der Waals surface area (Å²) in [5, 5.41) is 6.93. The summed E-state index contributed by atoms with van der Waals surface area (Å²) in [5.41, 5.74) is 0.0795. The normalized spacial score (nSPS) is 16.2. The lowest BCUT2D eigenvalue weighted by atomic mass is 10.1. The van der Waals surface area contributed by atoms with Crippen molar-refractivity contribution in [3.63, 3.8) is 0 Å². The van der Waals surface area contributed by atoms with Crippen LogP contribution in [0.5, 0.6) is 0 Å². The van der Waals surface area contributed by atoms with Crippen molar-refractivity contribution >= 4 is 16.9 Å². The fourth-order valence-electron chi connectivity index (χ4n) is 2.85. The molecule has 1 saturated carbocycles. The number of rotatable bonds is 5. The largest absolute Gasteiger partial charge is 0.417 e. The average Bonchev–Trinajstić information content (AvgIpc) is 3.32. The summed E-state index contributed by atoms with van der Waals surface area (Å²) in [4.78, 5) is 16.5. The van der Waals surface area contributed by atoms with Gasteiger partial charge in [0.25, 0.3) is 0 Å². The highest BCUT2D eigenvalue weighted by atomic mass is 19.4. The number of halogens is 3. The van der Waals surface area contributed by atoms with Crippen LogP contribution in [0.4, 0.5) is 13.2 Å². The summed E-state index contributed by atoms with van der Waals surface area (Å²) in [7, 11) is 0. The molecule has 3 rings (SSSR count). The molecule has 136 valence electrons. The van der Waals surface area contributed by atoms with Crippen LogP contribution in [0.1, 0.15) is 56.0 Å². The predicted octanol–water partition coefficient (Wildman–Crippen LogP) is 3.55. The second kappa shape index (κ2) is 6.31. The number of aryl methyl sites for hydroxylation is 1. The Morgan fingerprint density at radius 2 is 2.12 bits per heavy atom. The minimum absolute atomic E-state index is 0.00357. The van der Waals surface area contributed by atoms with Gasteiger partial charge in [-0.2, -0.15) is 18.3 Å². The minimum Gasteiger partial charge on any atom is -0.352 e. The smallest absolute Gasteiger partial charge is 0.352 e.